The molecule has 1 atom stereocenters. The molecule has 0 heterocycles. The molecule has 114 valence electrons. The van der Waals surface area contributed by atoms with E-state index >= 15 is 0 Å². The summed E-state index contributed by atoms with van der Waals surface area (Å²) in [7, 11) is -3.87. The molecule has 0 aliphatic heterocycles. The second kappa shape index (κ2) is 6.08. The van der Waals surface area contributed by atoms with Crippen LogP contribution in [0.25, 0.3) is 0 Å². The largest absolute Gasteiger partial charge is 0.389 e. The lowest BCUT2D eigenvalue weighted by Gasteiger charge is -2.15. The Hall–Kier alpha value is -1.51. The van der Waals surface area contributed by atoms with Crippen molar-refractivity contribution in [1.29, 1.82) is 0 Å². The quantitative estimate of drug-likeness (QED) is 0.651. The third kappa shape index (κ3) is 3.99. The first-order chi connectivity index (χ1) is 9.81. The molecule has 6 nitrogen and oxygen atoms in total. The van der Waals surface area contributed by atoms with E-state index < -0.39 is 16.1 Å². The van der Waals surface area contributed by atoms with Gasteiger partial charge in [0.05, 0.1) is 10.9 Å². The number of amides is 1. The van der Waals surface area contributed by atoms with Crippen LogP contribution in [0.1, 0.15) is 25.3 Å². The van der Waals surface area contributed by atoms with Crippen LogP contribution in [0.5, 0.6) is 0 Å². The highest BCUT2D eigenvalue weighted by molar-refractivity contribution is 7.89. The molecule has 1 aromatic rings. The maximum absolute atomic E-state index is 12.4. The van der Waals surface area contributed by atoms with Gasteiger partial charge in [-0.1, -0.05) is 30.4 Å². The monoisotopic (exact) mass is 327 g/mol. The molecule has 8 heteroatoms. The number of carbonyl (C=O) groups is 1. The molecule has 1 unspecified atom stereocenters. The molecule has 21 heavy (non-hydrogen) atoms. The molecule has 0 radical (unpaired) electrons. The number of carbonyl (C=O) groups excluding carboxylic acids is 1. The van der Waals surface area contributed by atoms with Gasteiger partial charge in [-0.2, -0.15) is 4.72 Å². The van der Waals surface area contributed by atoms with Crippen molar-refractivity contribution in [1.82, 2.24) is 10.0 Å². The summed E-state index contributed by atoms with van der Waals surface area (Å²) in [6.07, 6.45) is 1.88. The molecule has 1 saturated carbocycles. The molecule has 1 aliphatic carbocycles. The predicted octanol–water partition coefficient (Wildman–Crippen LogP) is 0.266. The third-order valence-corrected chi connectivity index (χ3v) is 4.91. The van der Waals surface area contributed by atoms with Crippen molar-refractivity contribution in [3.63, 3.8) is 0 Å². The van der Waals surface area contributed by atoms with Crippen LogP contribution >= 0.6 is 12.2 Å². The first-order valence-corrected chi connectivity index (χ1v) is 8.42. The van der Waals surface area contributed by atoms with Crippen molar-refractivity contribution < 1.29 is 13.2 Å². The summed E-state index contributed by atoms with van der Waals surface area (Å²) >= 11 is 4.86. The maximum atomic E-state index is 12.4. The highest BCUT2D eigenvalue weighted by Gasteiger charge is 2.29. The van der Waals surface area contributed by atoms with Gasteiger partial charge in [-0.25, -0.2) is 8.42 Å². The molecule has 1 fully saturated rings. The molecule has 0 bridgehead atoms. The minimum absolute atomic E-state index is 0.00828. The Kier molecular flexibility index (Phi) is 4.60. The van der Waals surface area contributed by atoms with Crippen LogP contribution in [0.3, 0.4) is 0 Å². The van der Waals surface area contributed by atoms with Gasteiger partial charge in [-0.15, -0.1) is 0 Å². The molecule has 1 aliphatic rings. The van der Waals surface area contributed by atoms with E-state index in [4.69, 9.17) is 18.0 Å². The molecule has 1 amide bonds. The molecule has 1 aromatic carbocycles. The zero-order valence-electron chi connectivity index (χ0n) is 11.5. The van der Waals surface area contributed by atoms with E-state index in [2.05, 4.69) is 10.0 Å². The van der Waals surface area contributed by atoms with Crippen LogP contribution in [-0.4, -0.2) is 31.4 Å². The lowest BCUT2D eigenvalue weighted by Crippen LogP contribution is -2.45. The van der Waals surface area contributed by atoms with E-state index in [1.54, 1.807) is 12.1 Å². The molecule has 0 spiro atoms. The fraction of sp³-hybridized carbons (Fsp3) is 0.385. The molecular weight excluding hydrogens is 310 g/mol. The first kappa shape index (κ1) is 15.9. The van der Waals surface area contributed by atoms with Gasteiger partial charge < -0.3 is 11.1 Å². The number of rotatable bonds is 6. The van der Waals surface area contributed by atoms with Crippen LogP contribution in [0.4, 0.5) is 0 Å². The summed E-state index contributed by atoms with van der Waals surface area (Å²) < 4.78 is 27.1. The van der Waals surface area contributed by atoms with E-state index in [1.165, 1.54) is 19.1 Å². The highest BCUT2D eigenvalue weighted by atomic mass is 32.2. The number of hydrogen-bond acceptors (Lipinski definition) is 4. The van der Waals surface area contributed by atoms with Gasteiger partial charge in [0.1, 0.15) is 4.99 Å². The summed E-state index contributed by atoms with van der Waals surface area (Å²) in [5.74, 6) is -0.339. The van der Waals surface area contributed by atoms with Crippen molar-refractivity contribution >= 4 is 33.1 Å². The SMILES string of the molecule is CC(NS(=O)(=O)c1ccccc1C(N)=S)C(=O)NC1CC1. The molecule has 4 N–H and O–H groups in total. The van der Waals surface area contributed by atoms with Gasteiger partial charge in [0, 0.05) is 11.6 Å². The molecule has 0 saturated heterocycles. The lowest BCUT2D eigenvalue weighted by molar-refractivity contribution is -0.122. The van der Waals surface area contributed by atoms with Crippen molar-refractivity contribution in [2.75, 3.05) is 0 Å². The number of hydrogen-bond donors (Lipinski definition) is 3. The fourth-order valence-electron chi connectivity index (χ4n) is 1.81. The Balaban J connectivity index is 2.18. The summed E-state index contributed by atoms with van der Waals surface area (Å²) in [6.45, 7) is 1.50. The standard InChI is InChI=1S/C13H17N3O3S2/c1-8(13(17)15-9-6-7-9)16-21(18,19)11-5-3-2-4-10(11)12(14)20/h2-5,8-9,16H,6-7H2,1H3,(H2,14,20)(H,15,17). The number of sulfonamides is 1. The van der Waals surface area contributed by atoms with Crippen LogP contribution in [-0.2, 0) is 14.8 Å². The number of thiocarbonyl (C=S) groups is 1. The van der Waals surface area contributed by atoms with Gasteiger partial charge in [-0.3, -0.25) is 4.79 Å². The summed E-state index contributed by atoms with van der Waals surface area (Å²) in [6, 6.07) is 5.47. The van der Waals surface area contributed by atoms with Gasteiger partial charge in [0.2, 0.25) is 15.9 Å². The number of benzene rings is 1. The zero-order chi connectivity index (χ0) is 15.6. The second-order valence-electron chi connectivity index (χ2n) is 4.99. The van der Waals surface area contributed by atoms with Crippen LogP contribution in [0, 0.1) is 0 Å². The van der Waals surface area contributed by atoms with E-state index in [0.29, 0.717) is 0 Å². The topological polar surface area (TPSA) is 101 Å². The van der Waals surface area contributed by atoms with E-state index in [9.17, 15) is 13.2 Å². The summed E-state index contributed by atoms with van der Waals surface area (Å²) in [5.41, 5.74) is 5.80. The van der Waals surface area contributed by atoms with Crippen LogP contribution in [0.15, 0.2) is 29.2 Å². The van der Waals surface area contributed by atoms with Gasteiger partial charge >= 0.3 is 0 Å². The Bertz CT molecular complexity index is 669. The van der Waals surface area contributed by atoms with E-state index in [-0.39, 0.29) is 27.4 Å². The number of nitrogens with one attached hydrogen (secondary N) is 2. The second-order valence-corrected chi connectivity index (χ2v) is 7.11. The summed E-state index contributed by atoms with van der Waals surface area (Å²) in [5, 5.41) is 2.75. The van der Waals surface area contributed by atoms with Crippen molar-refractivity contribution in [3.05, 3.63) is 29.8 Å². The fourth-order valence-corrected chi connectivity index (χ4v) is 3.48. The first-order valence-electron chi connectivity index (χ1n) is 6.53. The smallest absolute Gasteiger partial charge is 0.241 e. The van der Waals surface area contributed by atoms with Gasteiger partial charge in [0.15, 0.2) is 0 Å². The molecular formula is C13H17N3O3S2. The molecule has 2 rings (SSSR count). The van der Waals surface area contributed by atoms with Crippen LogP contribution in [0.2, 0.25) is 0 Å². The minimum atomic E-state index is -3.87. The lowest BCUT2D eigenvalue weighted by atomic mass is 10.2. The average molecular weight is 327 g/mol. The van der Waals surface area contributed by atoms with Crippen molar-refractivity contribution in [3.8, 4) is 0 Å². The van der Waals surface area contributed by atoms with Crippen LogP contribution < -0.4 is 15.8 Å². The van der Waals surface area contributed by atoms with Gasteiger partial charge in [0.25, 0.3) is 0 Å². The van der Waals surface area contributed by atoms with E-state index in [1.807, 2.05) is 0 Å². The molecule has 0 aromatic heterocycles. The number of nitrogens with two attached hydrogens (primary N) is 1. The normalized spacial score (nSPS) is 16.2. The predicted molar refractivity (Wildman–Crippen MR) is 83.3 cm³/mol. The maximum Gasteiger partial charge on any atom is 0.241 e. The summed E-state index contributed by atoms with van der Waals surface area (Å²) in [4.78, 5) is 11.8. The van der Waals surface area contributed by atoms with Crippen molar-refractivity contribution in [2.45, 2.75) is 36.7 Å². The minimum Gasteiger partial charge on any atom is -0.389 e. The van der Waals surface area contributed by atoms with Crippen molar-refractivity contribution in [2.24, 2.45) is 5.73 Å². The Morgan fingerprint density at radius 3 is 2.57 bits per heavy atom. The zero-order valence-corrected chi connectivity index (χ0v) is 13.1. The Morgan fingerprint density at radius 1 is 1.38 bits per heavy atom. The Labute approximate surface area is 129 Å². The van der Waals surface area contributed by atoms with Gasteiger partial charge in [-0.05, 0) is 25.8 Å². The third-order valence-electron chi connectivity index (χ3n) is 3.09. The van der Waals surface area contributed by atoms with E-state index in [0.717, 1.165) is 12.8 Å². The highest BCUT2D eigenvalue weighted by Crippen LogP contribution is 2.19. The Morgan fingerprint density at radius 2 is 2.00 bits per heavy atom. The average Bonchev–Trinajstić information content (AvgIpc) is 3.22.